The largest absolute Gasteiger partial charge is 0.378 e. The molecule has 2 aromatic rings. The highest BCUT2D eigenvalue weighted by Crippen LogP contribution is 2.25. The minimum atomic E-state index is 0.170. The second kappa shape index (κ2) is 5.98. The smallest absolute Gasteiger partial charge is 0.101 e. The van der Waals surface area contributed by atoms with Gasteiger partial charge in [-0.05, 0) is 50.1 Å². The van der Waals surface area contributed by atoms with Crippen molar-refractivity contribution in [1.29, 1.82) is 5.26 Å². The molecular formula is C17H17ClN2. The highest BCUT2D eigenvalue weighted by atomic mass is 35.5. The third-order valence-electron chi connectivity index (χ3n) is 3.36. The van der Waals surface area contributed by atoms with Gasteiger partial charge in [-0.2, -0.15) is 5.26 Å². The van der Waals surface area contributed by atoms with Crippen molar-refractivity contribution in [2.45, 2.75) is 26.8 Å². The molecule has 1 unspecified atom stereocenters. The molecule has 0 aliphatic heterocycles. The molecule has 20 heavy (non-hydrogen) atoms. The van der Waals surface area contributed by atoms with Gasteiger partial charge in [0.1, 0.15) is 6.07 Å². The van der Waals surface area contributed by atoms with Crippen LogP contribution in [-0.2, 0) is 0 Å². The van der Waals surface area contributed by atoms with Crippen molar-refractivity contribution >= 4 is 17.3 Å². The van der Waals surface area contributed by atoms with Crippen LogP contribution in [0.5, 0.6) is 0 Å². The van der Waals surface area contributed by atoms with Crippen molar-refractivity contribution in [3.63, 3.8) is 0 Å². The van der Waals surface area contributed by atoms with E-state index >= 15 is 0 Å². The molecule has 2 aromatic carbocycles. The van der Waals surface area contributed by atoms with Gasteiger partial charge in [0.2, 0.25) is 0 Å². The first-order valence-electron chi connectivity index (χ1n) is 6.54. The maximum absolute atomic E-state index is 9.01. The number of benzene rings is 2. The molecule has 102 valence electrons. The predicted octanol–water partition coefficient (Wildman–Crippen LogP) is 5.00. The lowest BCUT2D eigenvalue weighted by Gasteiger charge is -2.18. The molecule has 0 radical (unpaired) electrons. The fraction of sp³-hybridized carbons (Fsp3) is 0.235. The molecule has 1 atom stereocenters. The van der Waals surface area contributed by atoms with Gasteiger partial charge >= 0.3 is 0 Å². The average molecular weight is 285 g/mol. The van der Waals surface area contributed by atoms with Crippen LogP contribution in [0, 0.1) is 25.2 Å². The van der Waals surface area contributed by atoms with Crippen molar-refractivity contribution < 1.29 is 0 Å². The Labute approximate surface area is 125 Å². The zero-order valence-corrected chi connectivity index (χ0v) is 12.6. The Balaban J connectivity index is 2.23. The van der Waals surface area contributed by atoms with Gasteiger partial charge in [0.15, 0.2) is 0 Å². The number of aryl methyl sites for hydroxylation is 2. The molecule has 0 fully saturated rings. The summed E-state index contributed by atoms with van der Waals surface area (Å²) in [5.74, 6) is 0. The van der Waals surface area contributed by atoms with Crippen molar-refractivity contribution in [1.82, 2.24) is 0 Å². The normalized spacial score (nSPS) is 11.8. The second-order valence-corrected chi connectivity index (χ2v) is 5.44. The van der Waals surface area contributed by atoms with Crippen LogP contribution in [-0.4, -0.2) is 0 Å². The second-order valence-electron chi connectivity index (χ2n) is 5.03. The number of nitriles is 1. The lowest BCUT2D eigenvalue weighted by atomic mass is 10.00. The van der Waals surface area contributed by atoms with Crippen molar-refractivity contribution in [2.75, 3.05) is 5.32 Å². The van der Waals surface area contributed by atoms with E-state index in [9.17, 15) is 0 Å². The number of anilines is 1. The van der Waals surface area contributed by atoms with E-state index < -0.39 is 0 Å². The van der Waals surface area contributed by atoms with Gasteiger partial charge in [-0.25, -0.2) is 0 Å². The van der Waals surface area contributed by atoms with Gasteiger partial charge in [0.05, 0.1) is 10.6 Å². The van der Waals surface area contributed by atoms with Crippen LogP contribution in [0.4, 0.5) is 5.69 Å². The summed E-state index contributed by atoms with van der Waals surface area (Å²) in [6.45, 7) is 6.31. The fourth-order valence-corrected chi connectivity index (χ4v) is 2.50. The van der Waals surface area contributed by atoms with Crippen LogP contribution in [0.2, 0.25) is 5.02 Å². The molecule has 3 heteroatoms. The summed E-state index contributed by atoms with van der Waals surface area (Å²) < 4.78 is 0. The minimum absolute atomic E-state index is 0.170. The van der Waals surface area contributed by atoms with E-state index in [-0.39, 0.29) is 6.04 Å². The van der Waals surface area contributed by atoms with E-state index in [0.717, 1.165) is 5.69 Å². The van der Waals surface area contributed by atoms with E-state index in [1.54, 1.807) is 12.1 Å². The number of halogens is 1. The van der Waals surface area contributed by atoms with E-state index in [1.807, 2.05) is 6.07 Å². The number of nitrogens with one attached hydrogen (secondary N) is 1. The number of nitrogens with zero attached hydrogens (tertiary/aromatic N) is 1. The maximum atomic E-state index is 9.01. The van der Waals surface area contributed by atoms with E-state index in [2.05, 4.69) is 50.4 Å². The van der Waals surface area contributed by atoms with Gasteiger partial charge in [0.25, 0.3) is 0 Å². The summed E-state index contributed by atoms with van der Waals surface area (Å²) in [6, 6.07) is 14.1. The van der Waals surface area contributed by atoms with Crippen molar-refractivity contribution in [3.05, 3.63) is 63.7 Å². The lowest BCUT2D eigenvalue weighted by molar-refractivity contribution is 0.873. The average Bonchev–Trinajstić information content (AvgIpc) is 2.40. The molecule has 0 aliphatic carbocycles. The van der Waals surface area contributed by atoms with Crippen LogP contribution in [0.1, 0.15) is 35.2 Å². The van der Waals surface area contributed by atoms with Crippen LogP contribution >= 0.6 is 11.6 Å². The van der Waals surface area contributed by atoms with E-state index in [0.29, 0.717) is 10.6 Å². The summed E-state index contributed by atoms with van der Waals surface area (Å²) in [7, 11) is 0. The summed E-state index contributed by atoms with van der Waals surface area (Å²) in [6.07, 6.45) is 0. The molecule has 0 amide bonds. The summed E-state index contributed by atoms with van der Waals surface area (Å²) >= 11 is 5.94. The number of hydrogen-bond acceptors (Lipinski definition) is 2. The molecule has 0 bridgehead atoms. The molecule has 2 nitrogen and oxygen atoms in total. The topological polar surface area (TPSA) is 35.8 Å². The highest BCUT2D eigenvalue weighted by Gasteiger charge is 2.09. The Morgan fingerprint density at radius 1 is 1.15 bits per heavy atom. The maximum Gasteiger partial charge on any atom is 0.101 e. The zero-order chi connectivity index (χ0) is 14.7. The van der Waals surface area contributed by atoms with Gasteiger partial charge < -0.3 is 5.32 Å². The van der Waals surface area contributed by atoms with Gasteiger partial charge in [0, 0.05) is 11.7 Å². The molecule has 0 saturated heterocycles. The summed E-state index contributed by atoms with van der Waals surface area (Å²) in [4.78, 5) is 0. The monoisotopic (exact) mass is 284 g/mol. The predicted molar refractivity (Wildman–Crippen MR) is 84.1 cm³/mol. The Morgan fingerprint density at radius 2 is 1.90 bits per heavy atom. The third-order valence-corrected chi connectivity index (χ3v) is 3.69. The molecular weight excluding hydrogens is 268 g/mol. The van der Waals surface area contributed by atoms with Gasteiger partial charge in [-0.15, -0.1) is 0 Å². The zero-order valence-electron chi connectivity index (χ0n) is 11.9. The number of hydrogen-bond donors (Lipinski definition) is 1. The molecule has 0 spiro atoms. The molecule has 0 saturated carbocycles. The minimum Gasteiger partial charge on any atom is -0.378 e. The van der Waals surface area contributed by atoms with Gasteiger partial charge in [-0.3, -0.25) is 0 Å². The van der Waals surface area contributed by atoms with Crippen LogP contribution in [0.25, 0.3) is 0 Å². The quantitative estimate of drug-likeness (QED) is 0.861. The van der Waals surface area contributed by atoms with Crippen molar-refractivity contribution in [2.24, 2.45) is 0 Å². The van der Waals surface area contributed by atoms with Crippen LogP contribution < -0.4 is 5.32 Å². The summed E-state index contributed by atoms with van der Waals surface area (Å²) in [5, 5.41) is 12.9. The number of rotatable bonds is 3. The van der Waals surface area contributed by atoms with Gasteiger partial charge in [-0.1, -0.05) is 35.4 Å². The SMILES string of the molecule is Cc1ccc(C(C)Nc2ccc(Cl)c(C#N)c2)c(C)c1. The lowest BCUT2D eigenvalue weighted by Crippen LogP contribution is -2.08. The van der Waals surface area contributed by atoms with Crippen LogP contribution in [0.15, 0.2) is 36.4 Å². The third kappa shape index (κ3) is 3.12. The Morgan fingerprint density at radius 3 is 2.55 bits per heavy atom. The van der Waals surface area contributed by atoms with Crippen molar-refractivity contribution in [3.8, 4) is 6.07 Å². The molecule has 0 aliphatic rings. The Kier molecular flexibility index (Phi) is 4.32. The standard InChI is InChI=1S/C17H17ClN2/c1-11-4-6-16(12(2)8-11)13(3)20-15-5-7-17(18)14(9-15)10-19/h4-9,13,20H,1-3H3. The molecule has 2 rings (SSSR count). The first-order chi connectivity index (χ1) is 9.51. The fourth-order valence-electron chi connectivity index (χ4n) is 2.34. The summed E-state index contributed by atoms with van der Waals surface area (Å²) in [5.41, 5.74) is 5.17. The highest BCUT2D eigenvalue weighted by molar-refractivity contribution is 6.31. The van der Waals surface area contributed by atoms with E-state index in [1.165, 1.54) is 16.7 Å². The van der Waals surface area contributed by atoms with Crippen LogP contribution in [0.3, 0.4) is 0 Å². The Bertz CT molecular complexity index is 671. The Hall–Kier alpha value is -1.98. The van der Waals surface area contributed by atoms with E-state index in [4.69, 9.17) is 16.9 Å². The first-order valence-corrected chi connectivity index (χ1v) is 6.92. The molecule has 0 aromatic heterocycles. The molecule has 1 N–H and O–H groups in total. The first kappa shape index (κ1) is 14.4. The molecule has 0 heterocycles.